The molecule has 0 saturated heterocycles. The van der Waals surface area contributed by atoms with Crippen molar-refractivity contribution >= 4 is 5.97 Å². The van der Waals surface area contributed by atoms with Gasteiger partial charge in [0.1, 0.15) is 5.75 Å². The molecule has 0 heterocycles. The van der Waals surface area contributed by atoms with Crippen LogP contribution in [0.2, 0.25) is 0 Å². The first-order chi connectivity index (χ1) is 22.1. The summed E-state index contributed by atoms with van der Waals surface area (Å²) in [5, 5.41) is 0. The van der Waals surface area contributed by atoms with E-state index in [2.05, 4.69) is 6.92 Å². The zero-order chi connectivity index (χ0) is 37.6. The number of hydrogen-bond donors (Lipinski definition) is 0. The molecule has 0 aromatic heterocycles. The second-order valence-corrected chi connectivity index (χ2v) is 12.6. The monoisotopic (exact) mass is 746 g/mol. The van der Waals surface area contributed by atoms with Gasteiger partial charge in [-0.25, -0.2) is 0 Å². The fourth-order valence-electron chi connectivity index (χ4n) is 6.32. The number of ether oxygens (including phenoxy) is 1. The fraction of sp³-hybridized carbons (Fsp3) is 0.767. The van der Waals surface area contributed by atoms with Crippen LogP contribution in [0, 0.1) is 17.8 Å². The van der Waals surface area contributed by atoms with Gasteiger partial charge in [0.2, 0.25) is 0 Å². The van der Waals surface area contributed by atoms with Crippen LogP contribution in [0.4, 0.5) is 74.6 Å². The van der Waals surface area contributed by atoms with E-state index in [1.165, 1.54) is 12.1 Å². The molecule has 2 saturated carbocycles. The number of esters is 1. The number of hydrogen-bond acceptors (Lipinski definition) is 2. The summed E-state index contributed by atoms with van der Waals surface area (Å²) < 4.78 is 237. The van der Waals surface area contributed by atoms with Crippen molar-refractivity contribution in [3.05, 3.63) is 29.8 Å². The van der Waals surface area contributed by atoms with Crippen LogP contribution in [0.25, 0.3) is 0 Å². The Balaban J connectivity index is 1.69. The molecule has 2 aliphatic rings. The average molecular weight is 747 g/mol. The van der Waals surface area contributed by atoms with Crippen LogP contribution >= 0.6 is 0 Å². The lowest BCUT2D eigenvalue weighted by molar-refractivity contribution is -0.463. The van der Waals surface area contributed by atoms with Crippen LogP contribution in [0.5, 0.6) is 5.75 Å². The van der Waals surface area contributed by atoms with Gasteiger partial charge in [-0.2, -0.15) is 74.6 Å². The van der Waals surface area contributed by atoms with E-state index >= 15 is 0 Å². The maximum atomic E-state index is 14.7. The van der Waals surface area contributed by atoms with Crippen molar-refractivity contribution in [2.24, 2.45) is 17.8 Å². The predicted octanol–water partition coefficient (Wildman–Crippen LogP) is 11.5. The Morgan fingerprint density at radius 3 is 1.45 bits per heavy atom. The molecule has 2 fully saturated rings. The molecule has 282 valence electrons. The molecule has 49 heavy (non-hydrogen) atoms. The van der Waals surface area contributed by atoms with Crippen LogP contribution in [0.1, 0.15) is 82.6 Å². The van der Waals surface area contributed by atoms with Gasteiger partial charge in [-0.3, -0.25) is 4.79 Å². The third kappa shape index (κ3) is 6.93. The molecule has 0 amide bonds. The van der Waals surface area contributed by atoms with Gasteiger partial charge < -0.3 is 4.74 Å². The molecule has 2 aliphatic carbocycles. The smallest absolute Gasteiger partial charge is 0.426 e. The Morgan fingerprint density at radius 2 is 1.02 bits per heavy atom. The van der Waals surface area contributed by atoms with Crippen molar-refractivity contribution in [1.82, 2.24) is 0 Å². The Bertz CT molecular complexity index is 1270. The number of halogens is 17. The van der Waals surface area contributed by atoms with Gasteiger partial charge in [0.15, 0.2) is 0 Å². The first-order valence-electron chi connectivity index (χ1n) is 15.1. The molecule has 1 aromatic rings. The van der Waals surface area contributed by atoms with E-state index in [4.69, 9.17) is 4.74 Å². The van der Waals surface area contributed by atoms with Crippen LogP contribution < -0.4 is 4.74 Å². The van der Waals surface area contributed by atoms with Gasteiger partial charge in [-0.15, -0.1) is 0 Å². The Hall–Kier alpha value is -2.50. The van der Waals surface area contributed by atoms with Crippen molar-refractivity contribution in [3.8, 4) is 5.75 Å². The zero-order valence-electron chi connectivity index (χ0n) is 25.4. The first-order valence-corrected chi connectivity index (χ1v) is 15.1. The number of carbonyl (C=O) groups is 1. The van der Waals surface area contributed by atoms with E-state index < -0.39 is 91.1 Å². The van der Waals surface area contributed by atoms with Gasteiger partial charge in [0, 0.05) is 5.92 Å². The summed E-state index contributed by atoms with van der Waals surface area (Å²) in [4.78, 5) is 12.6. The molecule has 3 rings (SSSR count). The van der Waals surface area contributed by atoms with Gasteiger partial charge in [0.05, 0.1) is 5.92 Å². The maximum absolute atomic E-state index is 14.7. The van der Waals surface area contributed by atoms with E-state index in [0.29, 0.717) is 5.92 Å². The molecule has 0 atom stereocenters. The summed E-state index contributed by atoms with van der Waals surface area (Å²) in [6.07, 6.45) is -5.90. The fourth-order valence-corrected chi connectivity index (χ4v) is 6.32. The molecule has 0 radical (unpaired) electrons. The molecule has 2 nitrogen and oxygen atoms in total. The Morgan fingerprint density at radius 1 is 0.592 bits per heavy atom. The summed E-state index contributed by atoms with van der Waals surface area (Å²) in [6.45, 7) is 2.10. The summed E-state index contributed by atoms with van der Waals surface area (Å²) in [7, 11) is 0. The van der Waals surface area contributed by atoms with Gasteiger partial charge in [-0.05, 0) is 80.9 Å². The normalized spacial score (nSPS) is 24.1. The average Bonchev–Trinajstić information content (AvgIpc) is 3.01. The molecule has 0 bridgehead atoms. The van der Waals surface area contributed by atoms with Gasteiger partial charge >= 0.3 is 53.6 Å². The molecule has 0 unspecified atom stereocenters. The van der Waals surface area contributed by atoms with E-state index in [0.717, 1.165) is 44.1 Å². The minimum Gasteiger partial charge on any atom is -0.426 e. The molecular weight excluding hydrogens is 715 g/mol. The summed E-state index contributed by atoms with van der Waals surface area (Å²) in [5.41, 5.74) is 0.969. The second kappa shape index (κ2) is 13.6. The van der Waals surface area contributed by atoms with Crippen LogP contribution in [0.3, 0.4) is 0 Å². The number of alkyl halides is 17. The number of rotatable bonds is 12. The topological polar surface area (TPSA) is 26.3 Å². The molecular formula is C30H31F17O2. The highest BCUT2D eigenvalue weighted by Crippen LogP contribution is 2.65. The van der Waals surface area contributed by atoms with Gasteiger partial charge in [-0.1, -0.05) is 31.9 Å². The first kappa shape index (κ1) is 40.9. The quantitative estimate of drug-likeness (QED) is 0.121. The Labute approximate surface area is 268 Å². The van der Waals surface area contributed by atoms with Gasteiger partial charge in [0.25, 0.3) is 0 Å². The molecule has 0 spiro atoms. The highest BCUT2D eigenvalue weighted by atomic mass is 19.4. The third-order valence-electron chi connectivity index (χ3n) is 9.43. The number of benzene rings is 1. The minimum atomic E-state index is -8.66. The molecule has 1 aromatic carbocycles. The SMILES string of the molecule is CCCC1CCC(c2ccc(OC(=O)C3CCC(C(F)(F)C(F)(F)C(F)(F)C(F)(F)C(F)(F)C(F)(F)C(F)(F)C(F)(F)F)CC3)cc2)CC1. The summed E-state index contributed by atoms with van der Waals surface area (Å²) in [5.74, 6) is -61.1. The third-order valence-corrected chi connectivity index (χ3v) is 9.43. The van der Waals surface area contributed by atoms with E-state index in [9.17, 15) is 79.4 Å². The van der Waals surface area contributed by atoms with Crippen molar-refractivity contribution < 1.29 is 84.2 Å². The van der Waals surface area contributed by atoms with Crippen molar-refractivity contribution in [2.45, 2.75) is 125 Å². The maximum Gasteiger partial charge on any atom is 0.460 e. The highest BCUT2D eigenvalue weighted by molar-refractivity contribution is 5.75. The summed E-state index contributed by atoms with van der Waals surface area (Å²) >= 11 is 0. The lowest BCUT2D eigenvalue weighted by atomic mass is 9.75. The Kier molecular flexibility index (Phi) is 11.3. The minimum absolute atomic E-state index is 0.00288. The molecule has 0 N–H and O–H groups in total. The summed E-state index contributed by atoms with van der Waals surface area (Å²) in [6, 6.07) is 6.29. The highest BCUT2D eigenvalue weighted by Gasteiger charge is 2.95. The molecule has 0 aliphatic heterocycles. The van der Waals surface area contributed by atoms with E-state index in [1.54, 1.807) is 12.1 Å². The second-order valence-electron chi connectivity index (χ2n) is 12.6. The zero-order valence-corrected chi connectivity index (χ0v) is 25.4. The van der Waals surface area contributed by atoms with Crippen LogP contribution in [0.15, 0.2) is 24.3 Å². The largest absolute Gasteiger partial charge is 0.460 e. The lowest BCUT2D eigenvalue weighted by Gasteiger charge is -2.44. The number of carbonyl (C=O) groups excluding carboxylic acids is 1. The predicted molar refractivity (Wildman–Crippen MR) is 138 cm³/mol. The molecule has 19 heteroatoms. The van der Waals surface area contributed by atoms with E-state index in [1.807, 2.05) is 0 Å². The van der Waals surface area contributed by atoms with Crippen molar-refractivity contribution in [2.75, 3.05) is 0 Å². The lowest BCUT2D eigenvalue weighted by Crippen LogP contribution is -2.75. The van der Waals surface area contributed by atoms with Crippen molar-refractivity contribution in [3.63, 3.8) is 0 Å². The standard InChI is InChI=1S/C30H31F17O2/c1-2-3-16-4-6-17(7-5-16)18-10-14-21(15-11-18)49-22(48)19-8-12-20(13-9-19)23(31,32)24(33,34)25(35,36)26(37,38)27(39,40)28(41,42)29(43,44)30(45,46)47/h10-11,14-17,19-20H,2-9,12-13H2,1H3. The van der Waals surface area contributed by atoms with Crippen molar-refractivity contribution in [1.29, 1.82) is 0 Å². The van der Waals surface area contributed by atoms with E-state index in [-0.39, 0.29) is 11.7 Å². The van der Waals surface area contributed by atoms with Crippen LogP contribution in [-0.2, 0) is 4.79 Å². The van der Waals surface area contributed by atoms with Crippen LogP contribution in [-0.4, -0.2) is 53.6 Å².